The SMILES string of the molecule is CCCCCCSCc1cc2c(cc1CSCCCCCC)-c1nc-2nc2[nH]c(nc3nc(nc4[nH]c(n1)c1cc(CSCCCCCC)c(CSCCCCCC)cc41)-c1cc(CSCCCCCC)c(CSCCCCCC)cc1-3)c1cc(CSCCCCCC)c(CSCCCCCC)cc21. The number of nitrogens with zero attached hydrogens (tertiary/aromatic N) is 6. The molecule has 0 unspecified atom stereocenters. The van der Waals surface area contributed by atoms with Crippen molar-refractivity contribution in [1.29, 1.82) is 0 Å². The average molecular weight is 1560 g/mol. The van der Waals surface area contributed by atoms with E-state index < -0.39 is 0 Å². The molecule has 2 aliphatic heterocycles. The fourth-order valence-corrected chi connectivity index (χ4v) is 22.2. The predicted molar refractivity (Wildman–Crippen MR) is 478 cm³/mol. The van der Waals surface area contributed by atoms with Gasteiger partial charge in [-0.1, -0.05) is 209 Å². The van der Waals surface area contributed by atoms with Gasteiger partial charge >= 0.3 is 0 Å². The van der Waals surface area contributed by atoms with Gasteiger partial charge in [-0.15, -0.1) is 0 Å². The minimum Gasteiger partial charge on any atom is -0.324 e. The summed E-state index contributed by atoms with van der Waals surface area (Å²) in [7, 11) is 0. The molecule has 0 atom stereocenters. The normalized spacial score (nSPS) is 12.1. The van der Waals surface area contributed by atoms with Crippen LogP contribution in [-0.2, 0) is 46.0 Å². The van der Waals surface area contributed by atoms with Gasteiger partial charge in [-0.25, -0.2) is 29.9 Å². The van der Waals surface area contributed by atoms with Crippen molar-refractivity contribution in [2.75, 3.05) is 46.0 Å². The predicted octanol–water partition coefficient (Wildman–Crippen LogP) is 29.4. The number of fused-ring (bicyclic) bond motifs is 20. The molecule has 16 heteroatoms. The largest absolute Gasteiger partial charge is 0.324 e. The summed E-state index contributed by atoms with van der Waals surface area (Å²) in [6, 6.07) is 19.9. The first kappa shape index (κ1) is 85.0. The number of thioether (sulfide) groups is 8. The summed E-state index contributed by atoms with van der Waals surface area (Å²) < 4.78 is 0. The van der Waals surface area contributed by atoms with Crippen LogP contribution < -0.4 is 0 Å². The zero-order valence-corrected chi connectivity index (χ0v) is 72.0. The van der Waals surface area contributed by atoms with Gasteiger partial charge in [0.15, 0.2) is 23.3 Å². The van der Waals surface area contributed by atoms with Crippen LogP contribution in [0.2, 0.25) is 0 Å². The summed E-state index contributed by atoms with van der Waals surface area (Å²) in [5.41, 5.74) is 18.6. The molecule has 3 aromatic heterocycles. The van der Waals surface area contributed by atoms with Gasteiger partial charge in [0.05, 0.1) is 0 Å². The van der Waals surface area contributed by atoms with Crippen LogP contribution in [0, 0.1) is 0 Å². The lowest BCUT2D eigenvalue weighted by atomic mass is 10.0. The lowest BCUT2D eigenvalue weighted by molar-refractivity contribution is 0.706. The van der Waals surface area contributed by atoms with E-state index in [0.29, 0.717) is 23.3 Å². The first-order valence-corrected chi connectivity index (χ1v) is 50.6. The van der Waals surface area contributed by atoms with Gasteiger partial charge in [0.2, 0.25) is 0 Å². The van der Waals surface area contributed by atoms with Crippen LogP contribution in [0.3, 0.4) is 0 Å². The van der Waals surface area contributed by atoms with Gasteiger partial charge in [-0.3, -0.25) is 0 Å². The molecule has 570 valence electrons. The molecule has 8 bridgehead atoms. The third kappa shape index (κ3) is 26.6. The third-order valence-electron chi connectivity index (χ3n) is 20.3. The number of hydrogen-bond donors (Lipinski definition) is 2. The van der Waals surface area contributed by atoms with Gasteiger partial charge in [0.25, 0.3) is 0 Å². The van der Waals surface area contributed by atoms with Crippen molar-refractivity contribution in [2.24, 2.45) is 0 Å². The number of rotatable bonds is 56. The van der Waals surface area contributed by atoms with Gasteiger partial charge < -0.3 is 9.97 Å². The van der Waals surface area contributed by atoms with Crippen LogP contribution in [0.4, 0.5) is 0 Å². The second-order valence-corrected chi connectivity index (χ2v) is 38.0. The van der Waals surface area contributed by atoms with Crippen molar-refractivity contribution in [3.8, 4) is 45.6 Å². The van der Waals surface area contributed by atoms with Crippen molar-refractivity contribution < 1.29 is 0 Å². The molecule has 0 aliphatic carbocycles. The van der Waals surface area contributed by atoms with E-state index in [1.54, 1.807) is 0 Å². The van der Waals surface area contributed by atoms with Crippen LogP contribution in [0.15, 0.2) is 48.5 Å². The Morgan fingerprint density at radius 3 is 0.529 bits per heavy atom. The Kier molecular flexibility index (Phi) is 40.3. The molecule has 104 heavy (non-hydrogen) atoms. The molecule has 0 fully saturated rings. The number of hydrogen-bond acceptors (Lipinski definition) is 14. The van der Waals surface area contributed by atoms with E-state index in [-0.39, 0.29) is 0 Å². The fraction of sp³-hybridized carbons (Fsp3) is 0.636. The van der Waals surface area contributed by atoms with E-state index in [1.807, 2.05) is 0 Å². The number of unbranched alkanes of at least 4 members (excludes halogenated alkanes) is 24. The lowest BCUT2D eigenvalue weighted by Crippen LogP contribution is -1.96. The van der Waals surface area contributed by atoms with Crippen LogP contribution in [-0.4, -0.2) is 85.9 Å². The van der Waals surface area contributed by atoms with Gasteiger partial charge in [0.1, 0.15) is 22.6 Å². The Morgan fingerprint density at radius 1 is 0.202 bits per heavy atom. The van der Waals surface area contributed by atoms with Crippen molar-refractivity contribution >= 4 is 138 Å². The molecule has 7 aromatic rings. The highest BCUT2D eigenvalue weighted by atomic mass is 32.2. The summed E-state index contributed by atoms with van der Waals surface area (Å²) in [4.78, 5) is 42.9. The maximum atomic E-state index is 5.87. The van der Waals surface area contributed by atoms with E-state index in [4.69, 9.17) is 29.9 Å². The molecular formula is C88H130N8S8. The van der Waals surface area contributed by atoms with Crippen molar-refractivity contribution in [3.63, 3.8) is 0 Å². The lowest BCUT2D eigenvalue weighted by Gasteiger charge is -2.13. The van der Waals surface area contributed by atoms with Crippen molar-refractivity contribution in [2.45, 2.75) is 307 Å². The molecule has 0 saturated heterocycles. The van der Waals surface area contributed by atoms with E-state index in [9.17, 15) is 0 Å². The fourth-order valence-electron chi connectivity index (χ4n) is 13.9. The topological polar surface area (TPSA) is 109 Å². The number of aromatic nitrogens is 8. The molecule has 0 radical (unpaired) electrons. The smallest absolute Gasteiger partial charge is 0.164 e. The number of aromatic amines is 2. The molecule has 2 aliphatic rings. The Hall–Kier alpha value is -2.96. The second kappa shape index (κ2) is 49.3. The molecule has 0 amide bonds. The summed E-state index contributed by atoms with van der Waals surface area (Å²) in [5, 5.41) is 4.35. The second-order valence-electron chi connectivity index (χ2n) is 29.2. The van der Waals surface area contributed by atoms with Gasteiger partial charge in [-0.2, -0.15) is 94.1 Å². The standard InChI is InChI=1S/C88H130N8S8/c1-9-17-25-33-41-97-57-65-49-73-74(50-66(65)58-98-42-34-26-18-10-2)82-89-81(73)93-83-75-51-67(59-99-43-35-27-19-11-3)68(60-100-44-36-28-20-12-4)52-76(75)85(90-83)95-87-79-55-71(63-103-47-39-31-23-15-7)72(64-104-48-40-32-24-16-8)56-80(79)88(92-87)96-86-78-54-70(62-102-46-38-30-22-14-6)69(53-77(78)84(91-86)94-82)61-101-45-37-29-21-13-5/h49-56H,9-48,57-64H2,1-8H3,(H2,89,90,91,92,93,94,95,96). The van der Waals surface area contributed by atoms with Crippen LogP contribution in [0.5, 0.6) is 0 Å². The first-order chi connectivity index (χ1) is 51.3. The summed E-state index contributed by atoms with van der Waals surface area (Å²) in [6.45, 7) is 18.5. The molecule has 0 spiro atoms. The van der Waals surface area contributed by atoms with E-state index >= 15 is 0 Å². The molecular weight excluding hydrogens is 1430 g/mol. The Morgan fingerprint density at radius 2 is 0.365 bits per heavy atom. The zero-order chi connectivity index (χ0) is 72.8. The van der Waals surface area contributed by atoms with E-state index in [0.717, 1.165) is 135 Å². The van der Waals surface area contributed by atoms with Crippen LogP contribution in [0.25, 0.3) is 89.7 Å². The van der Waals surface area contributed by atoms with Crippen molar-refractivity contribution in [1.82, 2.24) is 39.9 Å². The maximum absolute atomic E-state index is 5.87. The van der Waals surface area contributed by atoms with Gasteiger partial charge in [-0.05, 0) is 190 Å². The zero-order valence-electron chi connectivity index (χ0n) is 65.5. The molecule has 9 rings (SSSR count). The Bertz CT molecular complexity index is 3360. The van der Waals surface area contributed by atoms with E-state index in [1.165, 1.54) is 273 Å². The highest BCUT2D eigenvalue weighted by molar-refractivity contribution is 8.00. The minimum absolute atomic E-state index is 0.707. The van der Waals surface area contributed by atoms with E-state index in [2.05, 4.69) is 208 Å². The van der Waals surface area contributed by atoms with Crippen LogP contribution in [0.1, 0.15) is 305 Å². The number of benzene rings is 4. The summed E-state index contributed by atoms with van der Waals surface area (Å²) in [6.07, 6.45) is 40.8. The molecule has 2 N–H and O–H groups in total. The Labute approximate surface area is 664 Å². The monoisotopic (exact) mass is 1550 g/mol. The summed E-state index contributed by atoms with van der Waals surface area (Å²) in [5.74, 6) is 19.9. The summed E-state index contributed by atoms with van der Waals surface area (Å²) >= 11 is 16.8. The quantitative estimate of drug-likeness (QED) is 0.0353. The van der Waals surface area contributed by atoms with Gasteiger partial charge in [0, 0.05) is 89.8 Å². The highest BCUT2D eigenvalue weighted by Crippen LogP contribution is 2.43. The Balaban J connectivity index is 1.34. The molecule has 5 heterocycles. The first-order valence-electron chi connectivity index (χ1n) is 41.4. The number of H-pyrrole nitrogens is 2. The maximum Gasteiger partial charge on any atom is 0.164 e. The van der Waals surface area contributed by atoms with Crippen molar-refractivity contribution in [3.05, 3.63) is 93.0 Å². The molecule has 0 saturated carbocycles. The minimum atomic E-state index is 0.707. The highest BCUT2D eigenvalue weighted by Gasteiger charge is 2.27. The molecule has 4 aromatic carbocycles. The average Bonchev–Trinajstić information content (AvgIpc) is 1.59. The third-order valence-corrected chi connectivity index (χ3v) is 29.0. The van der Waals surface area contributed by atoms with Crippen LogP contribution >= 0.6 is 94.1 Å². The molecule has 8 nitrogen and oxygen atoms in total. The number of nitrogens with one attached hydrogen (secondary N) is 2.